The molecule has 1 heterocycles. The molecule has 1 fully saturated rings. The summed E-state index contributed by atoms with van der Waals surface area (Å²) in [6.45, 7) is 9.34. The molecule has 0 aliphatic carbocycles. The predicted octanol–water partition coefficient (Wildman–Crippen LogP) is 3.21. The Kier molecular flexibility index (Phi) is 41.2. The number of hydrogen-bond donors (Lipinski definition) is 0. The summed E-state index contributed by atoms with van der Waals surface area (Å²) >= 11 is 0. The van der Waals surface area contributed by atoms with E-state index in [1.54, 1.807) is 0 Å². The van der Waals surface area contributed by atoms with Gasteiger partial charge in [0.1, 0.15) is 0 Å². The van der Waals surface area contributed by atoms with Crippen LogP contribution in [0.5, 0.6) is 0 Å². The average Bonchev–Trinajstić information content (AvgIpc) is 2.58. The van der Waals surface area contributed by atoms with Gasteiger partial charge in [0, 0.05) is 255 Å². The second-order valence-electron chi connectivity index (χ2n) is 5.60. The molecule has 7 radical (unpaired) electrons. The summed E-state index contributed by atoms with van der Waals surface area (Å²) in [6.07, 6.45) is 0. The molecule has 0 bridgehead atoms. The van der Waals surface area contributed by atoms with E-state index in [0.29, 0.717) is 6.04 Å². The first-order valence-corrected chi connectivity index (χ1v) is 7.74. The summed E-state index contributed by atoms with van der Waals surface area (Å²) in [5, 5.41) is 0. The Morgan fingerprint density at radius 3 is 1.29 bits per heavy atom. The van der Waals surface area contributed by atoms with Gasteiger partial charge in [-0.25, -0.2) is 0 Å². The molecule has 2 nitrogen and oxygen atoms in total. The van der Waals surface area contributed by atoms with Crippen molar-refractivity contribution < 1.29 is 229 Å². The quantitative estimate of drug-likeness (QED) is 0.436. The standard InChI is InChI=1S/C19H23N2.7Y/c1-2-20-13-15-21(16-14-20)19(17-9-5-3-6-10-17)18-11-7-4-8-12-18;;;;;;;/h3-12,19H,1-2,13-16H2;;;;;;;/q-1;;;;;;;. The third-order valence-electron chi connectivity index (χ3n) is 4.32. The predicted molar refractivity (Wildman–Crippen MR) is 88.1 cm³/mol. The fraction of sp³-hybridized carbons (Fsp3) is 0.316. The minimum Gasteiger partial charge on any atom is -0.330 e. The van der Waals surface area contributed by atoms with Crippen LogP contribution in [-0.2, 0) is 229 Å². The molecule has 0 aromatic heterocycles. The number of nitrogens with zero attached hydrogens (tertiary/aromatic N) is 2. The van der Waals surface area contributed by atoms with Crippen molar-refractivity contribution in [3.63, 3.8) is 0 Å². The van der Waals surface area contributed by atoms with E-state index in [1.807, 2.05) is 0 Å². The number of piperazine rings is 1. The van der Waals surface area contributed by atoms with Crippen molar-refractivity contribution in [2.24, 2.45) is 0 Å². The second kappa shape index (κ2) is 26.2. The maximum atomic E-state index is 4.00. The summed E-state index contributed by atoms with van der Waals surface area (Å²) in [5.41, 5.74) is 2.76. The topological polar surface area (TPSA) is 6.48 Å². The van der Waals surface area contributed by atoms with Crippen LogP contribution in [0.1, 0.15) is 17.2 Å². The molecule has 1 aliphatic rings. The van der Waals surface area contributed by atoms with Crippen molar-refractivity contribution in [2.45, 2.75) is 6.04 Å². The first kappa shape index (κ1) is 44.1. The van der Waals surface area contributed by atoms with Crippen LogP contribution in [0.4, 0.5) is 0 Å². The van der Waals surface area contributed by atoms with E-state index in [-0.39, 0.29) is 229 Å². The van der Waals surface area contributed by atoms with Crippen LogP contribution >= 0.6 is 0 Å². The number of rotatable bonds is 4. The Balaban J connectivity index is -0.000000252. The molecule has 0 spiro atoms. The van der Waals surface area contributed by atoms with Gasteiger partial charge in [-0.15, -0.1) is 6.54 Å². The fourth-order valence-electron chi connectivity index (χ4n) is 3.13. The van der Waals surface area contributed by atoms with Gasteiger partial charge in [-0.2, -0.15) is 0 Å². The van der Waals surface area contributed by atoms with Crippen molar-refractivity contribution in [1.29, 1.82) is 0 Å². The first-order valence-electron chi connectivity index (χ1n) is 7.74. The van der Waals surface area contributed by atoms with E-state index >= 15 is 0 Å². The maximum absolute atomic E-state index is 4.00. The molecule has 3 rings (SSSR count). The largest absolute Gasteiger partial charge is 0.330 e. The molecule has 131 valence electrons. The molecule has 0 atom stereocenters. The first-order chi connectivity index (χ1) is 10.4. The molecule has 28 heavy (non-hydrogen) atoms. The summed E-state index contributed by atoms with van der Waals surface area (Å²) < 4.78 is 0. The minimum absolute atomic E-state index is 0. The Morgan fingerprint density at radius 1 is 0.607 bits per heavy atom. The van der Waals surface area contributed by atoms with Gasteiger partial charge >= 0.3 is 0 Å². The van der Waals surface area contributed by atoms with E-state index < -0.39 is 0 Å². The molecule has 0 amide bonds. The van der Waals surface area contributed by atoms with E-state index in [9.17, 15) is 0 Å². The van der Waals surface area contributed by atoms with Crippen LogP contribution in [0.15, 0.2) is 60.7 Å². The zero-order valence-electron chi connectivity index (χ0n) is 16.5. The van der Waals surface area contributed by atoms with Crippen molar-refractivity contribution in [1.82, 2.24) is 9.80 Å². The number of hydrogen-bond acceptors (Lipinski definition) is 2. The van der Waals surface area contributed by atoms with Gasteiger partial charge in [0.15, 0.2) is 0 Å². The van der Waals surface area contributed by atoms with Crippen LogP contribution in [0.25, 0.3) is 0 Å². The molecular weight excluding hydrogens is 879 g/mol. The van der Waals surface area contributed by atoms with Crippen LogP contribution in [0, 0.1) is 6.92 Å². The Bertz CT molecular complexity index is 513. The second-order valence-corrected chi connectivity index (χ2v) is 5.60. The fourth-order valence-corrected chi connectivity index (χ4v) is 3.13. The van der Waals surface area contributed by atoms with Gasteiger partial charge in [0.05, 0.1) is 6.04 Å². The molecule has 0 N–H and O–H groups in total. The summed E-state index contributed by atoms with van der Waals surface area (Å²) in [4.78, 5) is 5.01. The third kappa shape index (κ3) is 14.6. The van der Waals surface area contributed by atoms with Gasteiger partial charge in [-0.3, -0.25) is 4.90 Å². The Hall–Kier alpha value is 6.09. The van der Waals surface area contributed by atoms with Gasteiger partial charge in [-0.1, -0.05) is 60.7 Å². The molecule has 1 aliphatic heterocycles. The molecular formula is C19H23N2Y7-. The van der Waals surface area contributed by atoms with E-state index in [2.05, 4.69) is 77.4 Å². The third-order valence-corrected chi connectivity index (χ3v) is 4.32. The molecule has 2 aromatic carbocycles. The van der Waals surface area contributed by atoms with Crippen molar-refractivity contribution in [2.75, 3.05) is 32.7 Å². The van der Waals surface area contributed by atoms with Crippen LogP contribution in [0.2, 0.25) is 0 Å². The van der Waals surface area contributed by atoms with Crippen LogP contribution < -0.4 is 0 Å². The Morgan fingerprint density at radius 2 is 0.964 bits per heavy atom. The number of benzene rings is 2. The van der Waals surface area contributed by atoms with Gasteiger partial charge in [-0.05, 0) is 11.1 Å². The SMILES string of the molecule is [CH2-]CN1CCN(C(c2ccccc2)c2ccccc2)CC1.[Y].[Y].[Y].[Y].[Y].[Y].[Y]. The smallest absolute Gasteiger partial charge is 0.0602 e. The van der Waals surface area contributed by atoms with Gasteiger partial charge in [0.2, 0.25) is 0 Å². The summed E-state index contributed by atoms with van der Waals surface area (Å²) in [6, 6.07) is 22.1. The van der Waals surface area contributed by atoms with E-state index in [1.165, 1.54) is 11.1 Å². The van der Waals surface area contributed by atoms with E-state index in [4.69, 9.17) is 0 Å². The average molecular weight is 902 g/mol. The Labute approximate surface area is 347 Å². The monoisotopic (exact) mass is 902 g/mol. The van der Waals surface area contributed by atoms with Crippen molar-refractivity contribution in [3.05, 3.63) is 78.7 Å². The van der Waals surface area contributed by atoms with Crippen molar-refractivity contribution in [3.8, 4) is 0 Å². The normalized spacial score (nSPS) is 12.9. The summed E-state index contributed by atoms with van der Waals surface area (Å²) in [5.74, 6) is 0. The van der Waals surface area contributed by atoms with Gasteiger partial charge < -0.3 is 11.8 Å². The molecule has 9 heteroatoms. The zero-order chi connectivity index (χ0) is 14.5. The van der Waals surface area contributed by atoms with Crippen LogP contribution in [0.3, 0.4) is 0 Å². The minimum atomic E-state index is 0. The molecule has 0 unspecified atom stereocenters. The molecule has 0 saturated carbocycles. The van der Waals surface area contributed by atoms with Crippen molar-refractivity contribution >= 4 is 0 Å². The molecule has 1 saturated heterocycles. The maximum Gasteiger partial charge on any atom is 0.0602 e. The zero-order valence-corrected chi connectivity index (χ0v) is 36.4. The van der Waals surface area contributed by atoms with Crippen LogP contribution in [-0.4, -0.2) is 42.5 Å². The summed E-state index contributed by atoms with van der Waals surface area (Å²) in [7, 11) is 0. The van der Waals surface area contributed by atoms with Gasteiger partial charge in [0.25, 0.3) is 0 Å². The molecule has 2 aromatic rings. The van der Waals surface area contributed by atoms with E-state index in [0.717, 1.165) is 32.7 Å².